The Balaban J connectivity index is 1.46. The van der Waals surface area contributed by atoms with Crippen molar-refractivity contribution in [2.75, 3.05) is 5.32 Å². The lowest BCUT2D eigenvalue weighted by molar-refractivity contribution is -0.148. The lowest BCUT2D eigenvalue weighted by atomic mass is 9.61. The number of hydrogen-bond donors (Lipinski definition) is 3. The second kappa shape index (κ2) is 8.88. The Morgan fingerprint density at radius 2 is 1.86 bits per heavy atom. The predicted molar refractivity (Wildman–Crippen MR) is 134 cm³/mol. The van der Waals surface area contributed by atoms with Crippen LogP contribution in [0.15, 0.2) is 42.6 Å². The van der Waals surface area contributed by atoms with Gasteiger partial charge in [-0.15, -0.1) is 0 Å². The Labute approximate surface area is 211 Å². The number of fused-ring (bicyclic) bond motifs is 4. The van der Waals surface area contributed by atoms with Crippen molar-refractivity contribution in [3.63, 3.8) is 0 Å². The zero-order chi connectivity index (χ0) is 24.8. The molecule has 3 fully saturated rings. The molecule has 2 unspecified atom stereocenters. The lowest BCUT2D eigenvalue weighted by Gasteiger charge is -2.47. The number of H-pyrrole nitrogens is 1. The third kappa shape index (κ3) is 3.93. The van der Waals surface area contributed by atoms with E-state index in [-0.39, 0.29) is 17.9 Å². The van der Waals surface area contributed by atoms with Gasteiger partial charge < -0.3 is 10.4 Å². The minimum Gasteiger partial charge on any atom is -0.481 e. The van der Waals surface area contributed by atoms with E-state index < -0.39 is 11.9 Å². The standard InChI is InChI=1S/C26H22ClN7O2/c27-17-9-18-23(33-34-24(18)29-12-17)25-30-19(14-3-1-13(11-28)2-4-14)10-20(32-25)31-22-16-7-5-15(6-8-16)21(22)26(35)36/h1-4,9-10,12,15-16,21-22H,5-8H2,(H,35,36)(H,29,33,34)(H,30,31,32). The molecule has 3 N–H and O–H groups in total. The smallest absolute Gasteiger partial charge is 0.308 e. The molecule has 3 aromatic heterocycles. The SMILES string of the molecule is N#Cc1ccc(-c2cc(NC3C4CCC(CC4)C3C(=O)O)nc(-c3[nH]nc4ncc(Cl)cc34)n2)cc1. The zero-order valence-electron chi connectivity index (χ0n) is 19.1. The molecule has 3 aliphatic rings. The van der Waals surface area contributed by atoms with Crippen LogP contribution in [0, 0.1) is 29.1 Å². The number of anilines is 1. The van der Waals surface area contributed by atoms with Gasteiger partial charge in [0, 0.05) is 23.9 Å². The van der Waals surface area contributed by atoms with Crippen LogP contribution in [0.25, 0.3) is 33.8 Å². The number of hydrogen-bond acceptors (Lipinski definition) is 7. The number of aliphatic carboxylic acids is 1. The van der Waals surface area contributed by atoms with Gasteiger partial charge in [0.15, 0.2) is 11.5 Å². The fraction of sp³-hybridized carbons (Fsp3) is 0.308. The Kier molecular flexibility index (Phi) is 5.53. The Hall–Kier alpha value is -4.03. The largest absolute Gasteiger partial charge is 0.481 e. The van der Waals surface area contributed by atoms with Crippen LogP contribution in [0.1, 0.15) is 31.2 Å². The van der Waals surface area contributed by atoms with Crippen LogP contribution >= 0.6 is 11.6 Å². The second-order valence-electron chi connectivity index (χ2n) is 9.48. The second-order valence-corrected chi connectivity index (χ2v) is 9.92. The van der Waals surface area contributed by atoms with Gasteiger partial charge in [0.2, 0.25) is 0 Å². The number of halogens is 1. The first kappa shape index (κ1) is 22.4. The average Bonchev–Trinajstić information content (AvgIpc) is 3.32. The van der Waals surface area contributed by atoms with E-state index in [1.807, 2.05) is 18.2 Å². The first-order valence-electron chi connectivity index (χ1n) is 11.9. The highest BCUT2D eigenvalue weighted by Gasteiger charge is 2.47. The van der Waals surface area contributed by atoms with Crippen molar-refractivity contribution in [3.05, 3.63) is 53.2 Å². The molecule has 1 aromatic carbocycles. The molecule has 3 heterocycles. The quantitative estimate of drug-likeness (QED) is 0.352. The number of carboxylic acid groups (broad SMARTS) is 1. The molecule has 7 rings (SSSR count). The van der Waals surface area contributed by atoms with Gasteiger partial charge in [0.1, 0.15) is 11.5 Å². The van der Waals surface area contributed by atoms with Gasteiger partial charge >= 0.3 is 5.97 Å². The number of aromatic nitrogens is 5. The van der Waals surface area contributed by atoms with Gasteiger partial charge in [-0.1, -0.05) is 23.7 Å². The predicted octanol–water partition coefficient (Wildman–Crippen LogP) is 4.91. The maximum absolute atomic E-state index is 12.2. The first-order chi connectivity index (χ1) is 17.5. The summed E-state index contributed by atoms with van der Waals surface area (Å²) in [6.45, 7) is 0. The monoisotopic (exact) mass is 499 g/mol. The van der Waals surface area contributed by atoms with E-state index in [1.54, 1.807) is 18.2 Å². The van der Waals surface area contributed by atoms with Crippen LogP contribution in [-0.2, 0) is 4.79 Å². The summed E-state index contributed by atoms with van der Waals surface area (Å²) < 4.78 is 0. The van der Waals surface area contributed by atoms with Gasteiger partial charge in [-0.3, -0.25) is 9.89 Å². The highest BCUT2D eigenvalue weighted by Crippen LogP contribution is 2.46. The number of carboxylic acids is 1. The molecule has 0 aliphatic heterocycles. The molecule has 0 spiro atoms. The van der Waals surface area contributed by atoms with Crippen molar-refractivity contribution >= 4 is 34.4 Å². The third-order valence-corrected chi connectivity index (χ3v) is 7.66. The Bertz CT molecular complexity index is 1500. The molecule has 0 radical (unpaired) electrons. The molecule has 2 atom stereocenters. The van der Waals surface area contributed by atoms with Crippen LogP contribution in [0.5, 0.6) is 0 Å². The summed E-state index contributed by atoms with van der Waals surface area (Å²) in [4.78, 5) is 26.0. The number of pyridine rings is 1. The summed E-state index contributed by atoms with van der Waals surface area (Å²) >= 11 is 6.19. The minimum atomic E-state index is -0.760. The summed E-state index contributed by atoms with van der Waals surface area (Å²) in [7, 11) is 0. The van der Waals surface area contributed by atoms with Crippen LogP contribution in [0.3, 0.4) is 0 Å². The molecule has 3 aliphatic carbocycles. The molecular weight excluding hydrogens is 478 g/mol. The van der Waals surface area contributed by atoms with E-state index >= 15 is 0 Å². The summed E-state index contributed by atoms with van der Waals surface area (Å²) in [6.07, 6.45) is 5.47. The van der Waals surface area contributed by atoms with Crippen LogP contribution in [0.4, 0.5) is 5.82 Å². The van der Waals surface area contributed by atoms with Crippen LogP contribution < -0.4 is 5.32 Å². The summed E-state index contributed by atoms with van der Waals surface area (Å²) in [6, 6.07) is 12.6. The van der Waals surface area contributed by atoms with Gasteiger partial charge in [-0.2, -0.15) is 10.4 Å². The minimum absolute atomic E-state index is 0.175. The normalized spacial score (nSPS) is 22.9. The first-order valence-corrected chi connectivity index (χ1v) is 12.3. The van der Waals surface area contributed by atoms with Crippen LogP contribution in [0.2, 0.25) is 5.02 Å². The van der Waals surface area contributed by atoms with E-state index in [1.165, 1.54) is 6.20 Å². The average molecular weight is 500 g/mol. The van der Waals surface area contributed by atoms with Crippen molar-refractivity contribution in [2.24, 2.45) is 17.8 Å². The van der Waals surface area contributed by atoms with Crippen molar-refractivity contribution in [2.45, 2.75) is 31.7 Å². The van der Waals surface area contributed by atoms with E-state index in [2.05, 4.69) is 26.6 Å². The Morgan fingerprint density at radius 3 is 2.58 bits per heavy atom. The molecule has 36 heavy (non-hydrogen) atoms. The molecule has 4 aromatic rings. The van der Waals surface area contributed by atoms with Gasteiger partial charge in [-0.05, 0) is 55.7 Å². The molecule has 10 heteroatoms. The molecular formula is C26H22ClN7O2. The van der Waals surface area contributed by atoms with Gasteiger partial charge in [-0.25, -0.2) is 15.0 Å². The fourth-order valence-corrected chi connectivity index (χ4v) is 5.88. The van der Waals surface area contributed by atoms with E-state index in [4.69, 9.17) is 21.6 Å². The number of aromatic amines is 1. The van der Waals surface area contributed by atoms with Gasteiger partial charge in [0.05, 0.1) is 33.7 Å². The summed E-state index contributed by atoms with van der Waals surface area (Å²) in [5.74, 6) is 0.173. The Morgan fingerprint density at radius 1 is 1.11 bits per heavy atom. The molecule has 180 valence electrons. The van der Waals surface area contributed by atoms with Crippen molar-refractivity contribution in [3.8, 4) is 28.8 Å². The van der Waals surface area contributed by atoms with Crippen molar-refractivity contribution in [1.29, 1.82) is 5.26 Å². The van der Waals surface area contributed by atoms with Gasteiger partial charge in [0.25, 0.3) is 0 Å². The zero-order valence-corrected chi connectivity index (χ0v) is 19.9. The summed E-state index contributed by atoms with van der Waals surface area (Å²) in [5.41, 5.74) is 3.05. The highest BCUT2D eigenvalue weighted by molar-refractivity contribution is 6.31. The maximum atomic E-state index is 12.2. The van der Waals surface area contributed by atoms with Crippen LogP contribution in [-0.4, -0.2) is 42.3 Å². The lowest BCUT2D eigenvalue weighted by Crippen LogP contribution is -2.51. The molecule has 0 saturated heterocycles. The van der Waals surface area contributed by atoms with Crippen molar-refractivity contribution in [1.82, 2.24) is 25.1 Å². The fourth-order valence-electron chi connectivity index (χ4n) is 5.72. The number of carbonyl (C=O) groups is 1. The third-order valence-electron chi connectivity index (χ3n) is 7.45. The maximum Gasteiger partial charge on any atom is 0.308 e. The number of nitrogens with zero attached hydrogens (tertiary/aromatic N) is 5. The van der Waals surface area contributed by atoms with E-state index in [9.17, 15) is 15.2 Å². The molecule has 3 saturated carbocycles. The molecule has 2 bridgehead atoms. The van der Waals surface area contributed by atoms with Crippen molar-refractivity contribution < 1.29 is 9.90 Å². The molecule has 0 amide bonds. The highest BCUT2D eigenvalue weighted by atomic mass is 35.5. The number of nitriles is 1. The summed E-state index contributed by atoms with van der Waals surface area (Å²) in [5, 5.41) is 31.1. The van der Waals surface area contributed by atoms with E-state index in [0.29, 0.717) is 44.6 Å². The molecule has 9 nitrogen and oxygen atoms in total. The topological polar surface area (TPSA) is 140 Å². The number of nitrogens with one attached hydrogen (secondary N) is 2. The van der Waals surface area contributed by atoms with E-state index in [0.717, 1.165) is 31.2 Å². The number of rotatable bonds is 5. The number of benzene rings is 1.